The summed E-state index contributed by atoms with van der Waals surface area (Å²) in [6.45, 7) is 0. The van der Waals surface area contributed by atoms with E-state index in [1.807, 2.05) is 0 Å². The predicted octanol–water partition coefficient (Wildman–Crippen LogP) is 4.55. The van der Waals surface area contributed by atoms with E-state index < -0.39 is 17.5 Å². The number of rotatable bonds is 6. The molecule has 1 heterocycles. The molecule has 0 aliphatic heterocycles. The molecule has 1 saturated carbocycles. The maximum atomic E-state index is 13.6. The van der Waals surface area contributed by atoms with Gasteiger partial charge in [0.2, 0.25) is 0 Å². The van der Waals surface area contributed by atoms with E-state index in [1.54, 1.807) is 36.4 Å². The van der Waals surface area contributed by atoms with Gasteiger partial charge in [-0.1, -0.05) is 18.9 Å². The molecule has 8 heteroatoms. The highest BCUT2D eigenvalue weighted by molar-refractivity contribution is 5.99. The van der Waals surface area contributed by atoms with E-state index in [-0.39, 0.29) is 12.1 Å². The average Bonchev–Trinajstić information content (AvgIpc) is 2.77. The van der Waals surface area contributed by atoms with Crippen LogP contribution in [0.2, 0.25) is 0 Å². The Morgan fingerprint density at radius 2 is 1.81 bits per heavy atom. The van der Waals surface area contributed by atoms with Crippen molar-refractivity contribution in [1.82, 2.24) is 4.98 Å². The van der Waals surface area contributed by atoms with E-state index in [0.717, 1.165) is 43.5 Å². The molecule has 6 nitrogen and oxygen atoms in total. The summed E-state index contributed by atoms with van der Waals surface area (Å²) in [6, 6.07) is 14.2. The minimum atomic E-state index is -0.946. The maximum absolute atomic E-state index is 13.6. The Bertz CT molecular complexity index is 1140. The molecule has 1 aliphatic carbocycles. The second-order valence-corrected chi connectivity index (χ2v) is 7.99. The van der Waals surface area contributed by atoms with Crippen molar-refractivity contribution in [2.45, 2.75) is 37.8 Å². The van der Waals surface area contributed by atoms with Crippen LogP contribution < -0.4 is 22.1 Å². The highest BCUT2D eigenvalue weighted by Gasteiger charge is 2.22. The first kappa shape index (κ1) is 21.7. The summed E-state index contributed by atoms with van der Waals surface area (Å²) >= 11 is 0. The van der Waals surface area contributed by atoms with E-state index in [1.165, 1.54) is 6.07 Å². The van der Waals surface area contributed by atoms with Gasteiger partial charge >= 0.3 is 0 Å². The van der Waals surface area contributed by atoms with Crippen LogP contribution in [-0.4, -0.2) is 23.0 Å². The van der Waals surface area contributed by atoms with Crippen molar-refractivity contribution < 1.29 is 13.6 Å². The lowest BCUT2D eigenvalue weighted by Gasteiger charge is -2.30. The molecule has 166 valence electrons. The summed E-state index contributed by atoms with van der Waals surface area (Å²) in [5.41, 5.74) is 14.3. The number of halogens is 2. The number of anilines is 3. The summed E-state index contributed by atoms with van der Waals surface area (Å²) in [7, 11) is 0. The van der Waals surface area contributed by atoms with Crippen LogP contribution in [0.25, 0.3) is 11.3 Å². The topological polar surface area (TPSA) is 106 Å². The number of aromatic nitrogens is 1. The Morgan fingerprint density at radius 1 is 1.00 bits per heavy atom. The lowest BCUT2D eigenvalue weighted by Crippen LogP contribution is -2.42. The number of nitrogens with one attached hydrogen (secondary N) is 2. The number of carbonyl (C=O) groups excluding carboxylic acids is 1. The number of amides is 1. The third-order valence-electron chi connectivity index (χ3n) is 5.68. The molecule has 0 saturated heterocycles. The first-order chi connectivity index (χ1) is 15.4. The molecule has 0 unspecified atom stereocenters. The second-order valence-electron chi connectivity index (χ2n) is 7.99. The van der Waals surface area contributed by atoms with E-state index in [2.05, 4.69) is 15.6 Å². The molecule has 32 heavy (non-hydrogen) atoms. The largest absolute Gasteiger partial charge is 0.381 e. The quantitative estimate of drug-likeness (QED) is 0.453. The van der Waals surface area contributed by atoms with E-state index in [9.17, 15) is 13.6 Å². The molecule has 3 aromatic rings. The first-order valence-electron chi connectivity index (χ1n) is 10.6. The Kier molecular flexibility index (Phi) is 6.32. The number of hydrogen-bond donors (Lipinski definition) is 4. The van der Waals surface area contributed by atoms with Crippen molar-refractivity contribution in [2.24, 2.45) is 11.5 Å². The Labute approximate surface area is 185 Å². The van der Waals surface area contributed by atoms with Gasteiger partial charge in [0.25, 0.3) is 5.91 Å². The number of nitrogens with zero attached hydrogens (tertiary/aromatic N) is 1. The van der Waals surface area contributed by atoms with Gasteiger partial charge in [0.15, 0.2) is 11.6 Å². The third kappa shape index (κ3) is 4.86. The highest BCUT2D eigenvalue weighted by atomic mass is 19.2. The number of hydrogen-bond acceptors (Lipinski definition) is 5. The number of benzene rings is 2. The number of primary amides is 1. The van der Waals surface area contributed by atoms with Gasteiger partial charge in [-0.15, -0.1) is 0 Å². The van der Waals surface area contributed by atoms with Crippen molar-refractivity contribution >= 4 is 23.1 Å². The Morgan fingerprint density at radius 3 is 2.56 bits per heavy atom. The van der Waals surface area contributed by atoms with Gasteiger partial charge in [-0.2, -0.15) is 0 Å². The highest BCUT2D eigenvalue weighted by Crippen LogP contribution is 2.28. The standard InChI is InChI=1S/C24H25F2N5O/c25-17-11-8-14(12-18(17)26)20-6-3-7-23(30-20)31-22-13-15(9-10-16(22)24(28)32)29-21-5-2-1-4-19(21)27/h3,6-13,19,21,29H,1-2,4-5,27H2,(H2,28,32)(H,30,31)/t19-,21+/m0/s1. The Hall–Kier alpha value is -3.52. The molecule has 1 aromatic heterocycles. The smallest absolute Gasteiger partial charge is 0.250 e. The van der Waals surface area contributed by atoms with Gasteiger partial charge < -0.3 is 22.1 Å². The molecule has 6 N–H and O–H groups in total. The molecular formula is C24H25F2N5O. The fraction of sp³-hybridized carbons (Fsp3) is 0.250. The fourth-order valence-corrected chi connectivity index (χ4v) is 3.96. The summed E-state index contributed by atoms with van der Waals surface area (Å²) in [5, 5.41) is 6.58. The van der Waals surface area contributed by atoms with E-state index in [0.29, 0.717) is 28.3 Å². The zero-order chi connectivity index (χ0) is 22.7. The number of nitrogens with two attached hydrogens (primary N) is 2. The zero-order valence-corrected chi connectivity index (χ0v) is 17.4. The van der Waals surface area contributed by atoms with Crippen molar-refractivity contribution in [3.8, 4) is 11.3 Å². The SMILES string of the molecule is NC(=O)c1ccc(N[C@@H]2CCCC[C@@H]2N)cc1Nc1cccc(-c2ccc(F)c(F)c2)n1. The lowest BCUT2D eigenvalue weighted by molar-refractivity contribution is 0.100. The molecule has 2 atom stereocenters. The van der Waals surface area contributed by atoms with Crippen LogP contribution in [0.4, 0.5) is 26.0 Å². The molecule has 2 aromatic carbocycles. The van der Waals surface area contributed by atoms with Crippen LogP contribution in [0.15, 0.2) is 54.6 Å². The van der Waals surface area contributed by atoms with Gasteiger partial charge in [0.05, 0.1) is 16.9 Å². The second kappa shape index (κ2) is 9.32. The monoisotopic (exact) mass is 437 g/mol. The van der Waals surface area contributed by atoms with Gasteiger partial charge in [-0.3, -0.25) is 4.79 Å². The molecule has 4 rings (SSSR count). The Balaban J connectivity index is 1.61. The summed E-state index contributed by atoms with van der Waals surface area (Å²) in [4.78, 5) is 16.4. The van der Waals surface area contributed by atoms with Gasteiger partial charge in [0, 0.05) is 23.3 Å². The molecule has 1 aliphatic rings. The normalized spacial score (nSPS) is 18.2. The lowest BCUT2D eigenvalue weighted by atomic mass is 9.91. The van der Waals surface area contributed by atoms with Crippen molar-refractivity contribution in [2.75, 3.05) is 10.6 Å². The number of carbonyl (C=O) groups is 1. The van der Waals surface area contributed by atoms with Crippen molar-refractivity contribution in [1.29, 1.82) is 0 Å². The average molecular weight is 437 g/mol. The predicted molar refractivity (Wildman–Crippen MR) is 122 cm³/mol. The van der Waals surface area contributed by atoms with Crippen LogP contribution in [0.1, 0.15) is 36.0 Å². The molecule has 1 amide bonds. The van der Waals surface area contributed by atoms with Crippen molar-refractivity contribution in [3.63, 3.8) is 0 Å². The van der Waals surface area contributed by atoms with Gasteiger partial charge in [-0.05, 0) is 61.4 Å². The van der Waals surface area contributed by atoms with Gasteiger partial charge in [-0.25, -0.2) is 13.8 Å². The van der Waals surface area contributed by atoms with E-state index in [4.69, 9.17) is 11.5 Å². The minimum absolute atomic E-state index is 0.0745. The summed E-state index contributed by atoms with van der Waals surface area (Å²) in [6.07, 6.45) is 4.21. The number of pyridine rings is 1. The molecule has 1 fully saturated rings. The molecule has 0 radical (unpaired) electrons. The van der Waals surface area contributed by atoms with Crippen LogP contribution in [0.5, 0.6) is 0 Å². The maximum Gasteiger partial charge on any atom is 0.250 e. The van der Waals surface area contributed by atoms with Gasteiger partial charge in [0.1, 0.15) is 5.82 Å². The van der Waals surface area contributed by atoms with Crippen LogP contribution in [-0.2, 0) is 0 Å². The third-order valence-corrected chi connectivity index (χ3v) is 5.68. The molecule has 0 spiro atoms. The summed E-state index contributed by atoms with van der Waals surface area (Å²) < 4.78 is 26.9. The van der Waals surface area contributed by atoms with Crippen molar-refractivity contribution in [3.05, 3.63) is 71.8 Å². The fourth-order valence-electron chi connectivity index (χ4n) is 3.96. The minimum Gasteiger partial charge on any atom is -0.381 e. The summed E-state index contributed by atoms with van der Waals surface area (Å²) in [5.74, 6) is -2.01. The first-order valence-corrected chi connectivity index (χ1v) is 10.6. The molecular weight excluding hydrogens is 412 g/mol. The van der Waals surface area contributed by atoms with Crippen LogP contribution in [0, 0.1) is 11.6 Å². The van der Waals surface area contributed by atoms with E-state index >= 15 is 0 Å². The van der Waals surface area contributed by atoms with Crippen LogP contribution in [0.3, 0.4) is 0 Å². The van der Waals surface area contributed by atoms with Crippen LogP contribution >= 0.6 is 0 Å². The molecule has 0 bridgehead atoms. The zero-order valence-electron chi connectivity index (χ0n) is 17.4.